The molecule has 4 rings (SSSR count). The summed E-state index contributed by atoms with van der Waals surface area (Å²) in [6.07, 6.45) is 5.25. The summed E-state index contributed by atoms with van der Waals surface area (Å²) in [6.45, 7) is 2.07. The molecule has 2 N–H and O–H groups in total. The van der Waals surface area contributed by atoms with Gasteiger partial charge in [-0.2, -0.15) is 0 Å². The maximum atomic E-state index is 12.6. The van der Waals surface area contributed by atoms with Crippen molar-refractivity contribution >= 4 is 28.9 Å². The zero-order chi connectivity index (χ0) is 19.3. The Hall–Kier alpha value is -2.82. The van der Waals surface area contributed by atoms with Crippen LogP contribution in [0.3, 0.4) is 0 Å². The summed E-state index contributed by atoms with van der Waals surface area (Å²) in [5.41, 5.74) is 4.00. The van der Waals surface area contributed by atoms with Crippen LogP contribution in [-0.4, -0.2) is 24.9 Å². The van der Waals surface area contributed by atoms with Gasteiger partial charge in [-0.05, 0) is 55.9 Å². The van der Waals surface area contributed by atoms with E-state index >= 15 is 0 Å². The van der Waals surface area contributed by atoms with Crippen LogP contribution in [0.4, 0.5) is 17.1 Å². The molecular weight excluding hydrogens is 350 g/mol. The molecule has 0 saturated carbocycles. The van der Waals surface area contributed by atoms with E-state index in [0.717, 1.165) is 35.7 Å². The van der Waals surface area contributed by atoms with Crippen molar-refractivity contribution in [1.82, 2.24) is 0 Å². The van der Waals surface area contributed by atoms with Crippen molar-refractivity contribution in [2.75, 3.05) is 28.6 Å². The van der Waals surface area contributed by atoms with Gasteiger partial charge in [0.1, 0.15) is 0 Å². The molecule has 1 saturated heterocycles. The van der Waals surface area contributed by atoms with E-state index in [0.29, 0.717) is 19.3 Å². The Morgan fingerprint density at radius 1 is 1.04 bits per heavy atom. The van der Waals surface area contributed by atoms with Crippen molar-refractivity contribution in [2.24, 2.45) is 5.92 Å². The summed E-state index contributed by atoms with van der Waals surface area (Å²) in [6, 6.07) is 15.9. The first-order valence-electron chi connectivity index (χ1n) is 10.2. The summed E-state index contributed by atoms with van der Waals surface area (Å²) in [4.78, 5) is 27.3. The highest BCUT2D eigenvalue weighted by Crippen LogP contribution is 2.30. The number of anilines is 3. The van der Waals surface area contributed by atoms with E-state index in [2.05, 4.69) is 21.6 Å². The van der Waals surface area contributed by atoms with Gasteiger partial charge in [-0.3, -0.25) is 9.59 Å². The van der Waals surface area contributed by atoms with Crippen LogP contribution in [-0.2, 0) is 16.0 Å². The molecule has 0 radical (unpaired) electrons. The fraction of sp³-hybridized carbons (Fsp3) is 0.391. The van der Waals surface area contributed by atoms with E-state index in [1.807, 2.05) is 42.5 Å². The number of benzene rings is 2. The zero-order valence-electron chi connectivity index (χ0n) is 16.1. The number of amides is 2. The second-order valence-electron chi connectivity index (χ2n) is 7.70. The van der Waals surface area contributed by atoms with Crippen molar-refractivity contribution in [3.05, 3.63) is 54.1 Å². The molecular formula is C23H27N3O2. The Bertz CT molecular complexity index is 858. The third-order valence-electron chi connectivity index (χ3n) is 5.71. The Morgan fingerprint density at radius 2 is 1.79 bits per heavy atom. The average molecular weight is 377 g/mol. The molecule has 0 spiro atoms. The molecule has 1 unspecified atom stereocenters. The van der Waals surface area contributed by atoms with E-state index in [9.17, 15) is 9.59 Å². The average Bonchev–Trinajstić information content (AvgIpc) is 2.73. The molecule has 1 atom stereocenters. The van der Waals surface area contributed by atoms with Crippen molar-refractivity contribution in [1.29, 1.82) is 0 Å². The zero-order valence-corrected chi connectivity index (χ0v) is 16.1. The summed E-state index contributed by atoms with van der Waals surface area (Å²) in [7, 11) is 0. The van der Waals surface area contributed by atoms with Gasteiger partial charge in [0, 0.05) is 31.1 Å². The Morgan fingerprint density at radius 3 is 2.64 bits per heavy atom. The van der Waals surface area contributed by atoms with Crippen LogP contribution in [0.15, 0.2) is 48.5 Å². The van der Waals surface area contributed by atoms with E-state index in [4.69, 9.17) is 0 Å². The van der Waals surface area contributed by atoms with Crippen molar-refractivity contribution < 1.29 is 9.59 Å². The number of piperidine rings is 1. The van der Waals surface area contributed by atoms with E-state index in [-0.39, 0.29) is 17.7 Å². The normalized spacial score (nSPS) is 18.9. The van der Waals surface area contributed by atoms with Crippen LogP contribution >= 0.6 is 0 Å². The van der Waals surface area contributed by atoms with Gasteiger partial charge in [-0.1, -0.05) is 30.3 Å². The molecule has 2 aromatic rings. The fourth-order valence-electron chi connectivity index (χ4n) is 4.15. The van der Waals surface area contributed by atoms with E-state index in [1.54, 1.807) is 0 Å². The molecule has 2 aliphatic heterocycles. The van der Waals surface area contributed by atoms with Gasteiger partial charge in [-0.25, -0.2) is 0 Å². The standard InChI is InChI=1S/C23H27N3O2/c27-22(13-12-18-16-17-8-2-3-9-19(17)25-23(18)28)24-20-10-4-5-11-21(20)26-14-6-1-7-15-26/h2-5,8-11,18H,1,6-7,12-16H2,(H,24,27)(H,25,28). The smallest absolute Gasteiger partial charge is 0.227 e. The molecule has 28 heavy (non-hydrogen) atoms. The summed E-state index contributed by atoms with van der Waals surface area (Å²) >= 11 is 0. The summed E-state index contributed by atoms with van der Waals surface area (Å²) < 4.78 is 0. The highest BCUT2D eigenvalue weighted by atomic mass is 16.2. The van der Waals surface area contributed by atoms with Crippen LogP contribution < -0.4 is 15.5 Å². The molecule has 5 heteroatoms. The number of para-hydroxylation sites is 3. The number of carbonyl (C=O) groups excluding carboxylic acids is 2. The Kier molecular flexibility index (Phi) is 5.60. The van der Waals surface area contributed by atoms with Gasteiger partial charge in [0.15, 0.2) is 0 Å². The van der Waals surface area contributed by atoms with Crippen molar-refractivity contribution in [2.45, 2.75) is 38.5 Å². The lowest BCUT2D eigenvalue weighted by atomic mass is 9.89. The molecule has 5 nitrogen and oxygen atoms in total. The molecule has 2 heterocycles. The van der Waals surface area contributed by atoms with Crippen LogP contribution in [0.1, 0.15) is 37.7 Å². The largest absolute Gasteiger partial charge is 0.370 e. The first-order valence-corrected chi connectivity index (χ1v) is 10.2. The molecule has 0 aromatic heterocycles. The van der Waals surface area contributed by atoms with Crippen molar-refractivity contribution in [3.8, 4) is 0 Å². The van der Waals surface area contributed by atoms with Gasteiger partial charge in [-0.15, -0.1) is 0 Å². The lowest BCUT2D eigenvalue weighted by Gasteiger charge is -2.30. The first kappa shape index (κ1) is 18.5. The number of hydrogen-bond acceptors (Lipinski definition) is 3. The quantitative estimate of drug-likeness (QED) is 0.821. The first-order chi connectivity index (χ1) is 13.7. The third-order valence-corrected chi connectivity index (χ3v) is 5.71. The molecule has 0 aliphatic carbocycles. The highest BCUT2D eigenvalue weighted by molar-refractivity contribution is 5.97. The molecule has 0 bridgehead atoms. The minimum absolute atomic E-state index is 0.0141. The van der Waals surface area contributed by atoms with Crippen LogP contribution in [0.5, 0.6) is 0 Å². The maximum Gasteiger partial charge on any atom is 0.227 e. The minimum Gasteiger partial charge on any atom is -0.370 e. The predicted molar refractivity (Wildman–Crippen MR) is 113 cm³/mol. The van der Waals surface area contributed by atoms with Crippen LogP contribution in [0, 0.1) is 5.92 Å². The number of hydrogen-bond donors (Lipinski definition) is 2. The maximum absolute atomic E-state index is 12.6. The predicted octanol–water partition coefficient (Wildman–Crippen LogP) is 4.21. The molecule has 2 aromatic carbocycles. The van der Waals surface area contributed by atoms with Crippen molar-refractivity contribution in [3.63, 3.8) is 0 Å². The number of rotatable bonds is 5. The fourth-order valence-corrected chi connectivity index (χ4v) is 4.15. The second-order valence-corrected chi connectivity index (χ2v) is 7.70. The molecule has 2 aliphatic rings. The van der Waals surface area contributed by atoms with Gasteiger partial charge < -0.3 is 15.5 Å². The summed E-state index contributed by atoms with van der Waals surface area (Å²) in [5.74, 6) is -0.172. The lowest BCUT2D eigenvalue weighted by molar-refractivity contribution is -0.121. The monoisotopic (exact) mass is 377 g/mol. The minimum atomic E-state index is -0.155. The number of fused-ring (bicyclic) bond motifs is 1. The highest BCUT2D eigenvalue weighted by Gasteiger charge is 2.26. The van der Waals surface area contributed by atoms with Gasteiger partial charge in [0.2, 0.25) is 11.8 Å². The molecule has 1 fully saturated rings. The van der Waals surface area contributed by atoms with E-state index < -0.39 is 0 Å². The number of carbonyl (C=O) groups is 2. The van der Waals surface area contributed by atoms with Gasteiger partial charge >= 0.3 is 0 Å². The number of nitrogens with one attached hydrogen (secondary N) is 2. The van der Waals surface area contributed by atoms with E-state index in [1.165, 1.54) is 19.3 Å². The SMILES string of the molecule is O=C(CCC1Cc2ccccc2NC1=O)Nc1ccccc1N1CCCCC1. The van der Waals surface area contributed by atoms with Crippen LogP contribution in [0.2, 0.25) is 0 Å². The third kappa shape index (κ3) is 4.19. The lowest BCUT2D eigenvalue weighted by Crippen LogP contribution is -2.31. The van der Waals surface area contributed by atoms with Gasteiger partial charge in [0.25, 0.3) is 0 Å². The Labute approximate surface area is 166 Å². The molecule has 2 amide bonds. The molecule has 146 valence electrons. The number of nitrogens with zero attached hydrogens (tertiary/aromatic N) is 1. The topological polar surface area (TPSA) is 61.4 Å². The van der Waals surface area contributed by atoms with Crippen LogP contribution in [0.25, 0.3) is 0 Å². The second kappa shape index (κ2) is 8.46. The Balaban J connectivity index is 1.36. The summed E-state index contributed by atoms with van der Waals surface area (Å²) in [5, 5.41) is 6.03. The van der Waals surface area contributed by atoms with Gasteiger partial charge in [0.05, 0.1) is 11.4 Å².